The number of Topliss-reactive ketones (excluding diaryl/α,β-unsaturated/α-hetero) is 1. The Morgan fingerprint density at radius 1 is 1.15 bits per heavy atom. The van der Waals surface area contributed by atoms with Crippen molar-refractivity contribution in [1.82, 2.24) is 10.2 Å². The third-order valence-corrected chi connectivity index (χ3v) is 6.59. The van der Waals surface area contributed by atoms with Crippen LogP contribution in [-0.4, -0.2) is 35.7 Å². The van der Waals surface area contributed by atoms with Crippen molar-refractivity contribution in [1.29, 1.82) is 0 Å². The number of piperidine rings is 1. The predicted octanol–water partition coefficient (Wildman–Crippen LogP) is 4.16. The molecular weight excluding hydrogens is 380 g/mol. The molecule has 1 unspecified atom stereocenters. The van der Waals surface area contributed by atoms with Crippen molar-refractivity contribution in [3.05, 3.63) is 57.8 Å². The number of nitrogens with zero attached hydrogens (tertiary/aromatic N) is 1. The van der Waals surface area contributed by atoms with Crippen LogP contribution in [0.2, 0.25) is 0 Å². The number of amides is 1. The molecule has 4 rings (SSSR count). The maximum atomic E-state index is 13.3. The van der Waals surface area contributed by atoms with E-state index in [1.807, 2.05) is 0 Å². The van der Waals surface area contributed by atoms with Gasteiger partial charge in [0.25, 0.3) is 5.91 Å². The lowest BCUT2D eigenvalue weighted by Crippen LogP contribution is -2.39. The fraction of sp³-hybridized carbons (Fsp3) is 0.429. The van der Waals surface area contributed by atoms with E-state index in [0.717, 1.165) is 32.4 Å². The molecule has 1 amide bonds. The number of hydrogen-bond donors (Lipinski definition) is 1. The number of halogens is 1. The van der Waals surface area contributed by atoms with Crippen molar-refractivity contribution in [2.24, 2.45) is 5.41 Å². The number of thiophene rings is 1. The summed E-state index contributed by atoms with van der Waals surface area (Å²) in [5, 5.41) is 7.61. The van der Waals surface area contributed by atoms with Crippen LogP contribution in [0.15, 0.2) is 41.1 Å². The Morgan fingerprint density at radius 3 is 2.41 bits per heavy atom. The highest BCUT2D eigenvalue weighted by molar-refractivity contribution is 7.07. The lowest BCUT2D eigenvalue weighted by molar-refractivity contribution is 0.0692. The lowest BCUT2D eigenvalue weighted by atomic mass is 9.93. The summed E-state index contributed by atoms with van der Waals surface area (Å²) in [4.78, 5) is 26.8. The molecule has 2 heterocycles. The summed E-state index contributed by atoms with van der Waals surface area (Å²) in [7, 11) is 0. The zero-order chi connectivity index (χ0) is 18.1. The first kappa shape index (κ1) is 20.1. The Bertz CT molecular complexity index is 798. The monoisotopic (exact) mass is 404 g/mol. The number of carbonyl (C=O) groups is 2. The number of rotatable bonds is 5. The number of carbonyl (C=O) groups excluding carboxylic acids is 2. The van der Waals surface area contributed by atoms with E-state index >= 15 is 0 Å². The second kappa shape index (κ2) is 8.13. The molecule has 1 saturated heterocycles. The largest absolute Gasteiger partial charge is 0.331 e. The molecule has 2 aromatic rings. The Hall–Kier alpha value is -1.69. The third kappa shape index (κ3) is 4.10. The van der Waals surface area contributed by atoms with Crippen molar-refractivity contribution in [3.8, 4) is 0 Å². The van der Waals surface area contributed by atoms with Crippen LogP contribution in [0.3, 0.4) is 0 Å². The molecule has 4 nitrogen and oxygen atoms in total. The van der Waals surface area contributed by atoms with E-state index in [2.05, 4.69) is 27.0 Å². The molecule has 0 radical (unpaired) electrons. The van der Waals surface area contributed by atoms with Crippen LogP contribution in [0.1, 0.15) is 52.5 Å². The smallest absolute Gasteiger partial charge is 0.254 e. The quantitative estimate of drug-likeness (QED) is 0.761. The van der Waals surface area contributed by atoms with Crippen molar-refractivity contribution >= 4 is 35.4 Å². The van der Waals surface area contributed by atoms with E-state index in [9.17, 15) is 9.59 Å². The van der Waals surface area contributed by atoms with Gasteiger partial charge in [-0.3, -0.25) is 9.59 Å². The maximum Gasteiger partial charge on any atom is 0.254 e. The third-order valence-electron chi connectivity index (χ3n) is 5.85. The normalized spacial score (nSPS) is 20.0. The summed E-state index contributed by atoms with van der Waals surface area (Å²) < 4.78 is 0. The molecule has 1 aromatic heterocycles. The first-order chi connectivity index (χ1) is 12.6. The van der Waals surface area contributed by atoms with Gasteiger partial charge < -0.3 is 10.2 Å². The van der Waals surface area contributed by atoms with Crippen molar-refractivity contribution in [3.63, 3.8) is 0 Å². The fourth-order valence-electron chi connectivity index (χ4n) is 4.15. The first-order valence-corrected chi connectivity index (χ1v) is 10.2. The minimum absolute atomic E-state index is 0. The van der Waals surface area contributed by atoms with Gasteiger partial charge in [-0.15, -0.1) is 12.4 Å². The second-order valence-electron chi connectivity index (χ2n) is 7.53. The van der Waals surface area contributed by atoms with Gasteiger partial charge in [0.2, 0.25) is 0 Å². The molecule has 6 heteroatoms. The molecule has 144 valence electrons. The summed E-state index contributed by atoms with van der Waals surface area (Å²) in [5.41, 5.74) is 2.81. The summed E-state index contributed by atoms with van der Waals surface area (Å²) in [6, 6.07) is 9.51. The minimum atomic E-state index is 0. The molecule has 27 heavy (non-hydrogen) atoms. The van der Waals surface area contributed by atoms with Crippen LogP contribution >= 0.6 is 23.7 Å². The van der Waals surface area contributed by atoms with Crippen molar-refractivity contribution in [2.75, 3.05) is 13.1 Å². The van der Waals surface area contributed by atoms with Gasteiger partial charge >= 0.3 is 0 Å². The average molecular weight is 405 g/mol. The highest BCUT2D eigenvalue weighted by Crippen LogP contribution is 2.56. The van der Waals surface area contributed by atoms with Gasteiger partial charge in [-0.25, -0.2) is 0 Å². The van der Waals surface area contributed by atoms with Crippen molar-refractivity contribution in [2.45, 2.75) is 38.8 Å². The van der Waals surface area contributed by atoms with Gasteiger partial charge in [-0.1, -0.05) is 12.1 Å². The molecule has 1 aromatic carbocycles. The molecule has 1 saturated carbocycles. The van der Waals surface area contributed by atoms with Gasteiger partial charge in [0.15, 0.2) is 5.78 Å². The topological polar surface area (TPSA) is 49.4 Å². The Balaban J connectivity index is 0.00000210. The predicted molar refractivity (Wildman–Crippen MR) is 111 cm³/mol. The minimum Gasteiger partial charge on any atom is -0.331 e. The molecule has 1 aliphatic carbocycles. The number of nitrogens with one attached hydrogen (secondary N) is 1. The van der Waals surface area contributed by atoms with E-state index in [4.69, 9.17) is 0 Å². The van der Waals surface area contributed by atoms with E-state index < -0.39 is 0 Å². The van der Waals surface area contributed by atoms with E-state index in [1.54, 1.807) is 42.5 Å². The Labute approximate surface area is 170 Å². The van der Waals surface area contributed by atoms with Gasteiger partial charge in [0.1, 0.15) is 0 Å². The molecule has 0 bridgehead atoms. The number of ketones is 1. The van der Waals surface area contributed by atoms with Crippen LogP contribution < -0.4 is 5.32 Å². The highest BCUT2D eigenvalue weighted by Gasteiger charge is 2.57. The van der Waals surface area contributed by atoms with E-state index in [-0.39, 0.29) is 24.1 Å². The van der Waals surface area contributed by atoms with Crippen LogP contribution in [0.5, 0.6) is 0 Å². The molecule has 2 fully saturated rings. The molecule has 1 aliphatic heterocycles. The van der Waals surface area contributed by atoms with Crippen LogP contribution in [-0.2, 0) is 6.54 Å². The van der Waals surface area contributed by atoms with Crippen LogP contribution in [0.4, 0.5) is 0 Å². The maximum absolute atomic E-state index is 13.3. The van der Waals surface area contributed by atoms with Crippen molar-refractivity contribution < 1.29 is 9.59 Å². The highest BCUT2D eigenvalue weighted by atomic mass is 35.5. The van der Waals surface area contributed by atoms with Gasteiger partial charge in [0, 0.05) is 23.7 Å². The molecule has 2 aliphatic rings. The lowest BCUT2D eigenvalue weighted by Gasteiger charge is -2.29. The number of benzene rings is 1. The number of hydrogen-bond acceptors (Lipinski definition) is 4. The standard InChI is InChI=1S/C21H24N2O2S.ClH/c1-15(24)17-2-4-18(5-3-17)20(25)23(13-16-6-11-26-14-16)19-12-21(19)7-9-22-10-8-21;/h2-6,11,14,19,22H,7-10,12-13H2,1H3;1H. The Kier molecular flexibility index (Phi) is 6.04. The van der Waals surface area contributed by atoms with E-state index in [0.29, 0.717) is 29.1 Å². The summed E-state index contributed by atoms with van der Waals surface area (Å²) in [5.74, 6) is 0.0988. The molecular formula is C21H25ClN2O2S. The van der Waals surface area contributed by atoms with Gasteiger partial charge in [0.05, 0.1) is 0 Å². The summed E-state index contributed by atoms with van der Waals surface area (Å²) in [6.07, 6.45) is 3.40. The van der Waals surface area contributed by atoms with Gasteiger partial charge in [-0.05, 0) is 79.2 Å². The van der Waals surface area contributed by atoms with E-state index in [1.165, 1.54) is 5.56 Å². The Morgan fingerprint density at radius 2 is 1.81 bits per heavy atom. The zero-order valence-electron chi connectivity index (χ0n) is 15.4. The first-order valence-electron chi connectivity index (χ1n) is 9.23. The van der Waals surface area contributed by atoms with Crippen LogP contribution in [0.25, 0.3) is 0 Å². The average Bonchev–Trinajstić information content (AvgIpc) is 3.08. The van der Waals surface area contributed by atoms with Crippen LogP contribution in [0, 0.1) is 5.41 Å². The second-order valence-corrected chi connectivity index (χ2v) is 8.31. The fourth-order valence-corrected chi connectivity index (χ4v) is 4.80. The summed E-state index contributed by atoms with van der Waals surface area (Å²) in [6.45, 7) is 4.30. The summed E-state index contributed by atoms with van der Waals surface area (Å²) >= 11 is 1.67. The zero-order valence-corrected chi connectivity index (χ0v) is 17.1. The molecule has 1 spiro atoms. The SMILES string of the molecule is CC(=O)c1ccc(C(=O)N(Cc2ccsc2)C2CC23CCNCC3)cc1.Cl. The van der Waals surface area contributed by atoms with Gasteiger partial charge in [-0.2, -0.15) is 11.3 Å². The molecule has 1 atom stereocenters. The molecule has 1 N–H and O–H groups in total.